The lowest BCUT2D eigenvalue weighted by Crippen LogP contribution is -2.02. The first-order chi connectivity index (χ1) is 12.0. The molecule has 1 heterocycles. The van der Waals surface area contributed by atoms with Crippen molar-refractivity contribution in [1.29, 1.82) is 0 Å². The van der Waals surface area contributed by atoms with Crippen LogP contribution >= 0.6 is 11.6 Å². The fraction of sp³-hybridized carbons (Fsp3) is 0.158. The van der Waals surface area contributed by atoms with Gasteiger partial charge in [0.25, 0.3) is 0 Å². The van der Waals surface area contributed by atoms with E-state index in [1.54, 1.807) is 13.2 Å². The van der Waals surface area contributed by atoms with Crippen molar-refractivity contribution >= 4 is 34.7 Å². The van der Waals surface area contributed by atoms with E-state index in [-0.39, 0.29) is 0 Å². The Morgan fingerprint density at radius 1 is 0.880 bits per heavy atom. The molecule has 0 fully saturated rings. The van der Waals surface area contributed by atoms with Crippen molar-refractivity contribution in [3.8, 4) is 5.75 Å². The number of aryl methyl sites for hydroxylation is 2. The average molecular weight is 355 g/mol. The number of hydrogen-bond acceptors (Lipinski definition) is 5. The fourth-order valence-electron chi connectivity index (χ4n) is 2.35. The summed E-state index contributed by atoms with van der Waals surface area (Å²) < 4.78 is 5.17. The molecule has 0 unspecified atom stereocenters. The Hall–Kier alpha value is -2.79. The molecular weight excluding hydrogens is 336 g/mol. The van der Waals surface area contributed by atoms with Crippen LogP contribution in [0.4, 0.5) is 23.1 Å². The number of benzene rings is 2. The number of halogens is 1. The molecule has 3 rings (SSSR count). The van der Waals surface area contributed by atoms with Gasteiger partial charge in [0.2, 0.25) is 5.95 Å². The first-order valence-corrected chi connectivity index (χ1v) is 8.21. The number of anilines is 4. The van der Waals surface area contributed by atoms with Gasteiger partial charge in [0.15, 0.2) is 0 Å². The summed E-state index contributed by atoms with van der Waals surface area (Å²) >= 11 is 6.17. The van der Waals surface area contributed by atoms with Gasteiger partial charge in [-0.25, -0.2) is 4.98 Å². The van der Waals surface area contributed by atoms with Gasteiger partial charge in [-0.1, -0.05) is 29.3 Å². The third-order valence-electron chi connectivity index (χ3n) is 3.59. The molecule has 6 heteroatoms. The highest BCUT2D eigenvalue weighted by molar-refractivity contribution is 6.32. The second-order valence-electron chi connectivity index (χ2n) is 5.68. The summed E-state index contributed by atoms with van der Waals surface area (Å²) in [6.07, 6.45) is 0. The van der Waals surface area contributed by atoms with Gasteiger partial charge in [0.1, 0.15) is 11.6 Å². The summed E-state index contributed by atoms with van der Waals surface area (Å²) in [5.41, 5.74) is 3.82. The number of aromatic nitrogens is 2. The summed E-state index contributed by atoms with van der Waals surface area (Å²) in [7, 11) is 1.59. The zero-order chi connectivity index (χ0) is 17.8. The molecule has 2 N–H and O–H groups in total. The quantitative estimate of drug-likeness (QED) is 0.656. The van der Waals surface area contributed by atoms with Gasteiger partial charge in [0.05, 0.1) is 12.1 Å². The van der Waals surface area contributed by atoms with Crippen LogP contribution in [0.3, 0.4) is 0 Å². The molecule has 3 aromatic rings. The minimum atomic E-state index is 0.533. The summed E-state index contributed by atoms with van der Waals surface area (Å²) in [4.78, 5) is 8.94. The maximum atomic E-state index is 6.17. The molecule has 0 aliphatic rings. The van der Waals surface area contributed by atoms with Gasteiger partial charge in [-0.3, -0.25) is 0 Å². The van der Waals surface area contributed by atoms with Crippen molar-refractivity contribution < 1.29 is 4.74 Å². The minimum absolute atomic E-state index is 0.533. The molecule has 0 amide bonds. The van der Waals surface area contributed by atoms with Crippen LogP contribution in [0.5, 0.6) is 5.75 Å². The highest BCUT2D eigenvalue weighted by atomic mass is 35.5. The van der Waals surface area contributed by atoms with E-state index in [4.69, 9.17) is 16.3 Å². The van der Waals surface area contributed by atoms with Crippen molar-refractivity contribution in [3.05, 3.63) is 64.8 Å². The van der Waals surface area contributed by atoms with E-state index in [1.807, 2.05) is 49.4 Å². The van der Waals surface area contributed by atoms with Crippen LogP contribution in [0.1, 0.15) is 11.3 Å². The molecule has 0 aliphatic heterocycles. The first kappa shape index (κ1) is 17.0. The number of nitrogens with one attached hydrogen (secondary N) is 2. The van der Waals surface area contributed by atoms with Gasteiger partial charge in [-0.2, -0.15) is 4.98 Å². The molecule has 25 heavy (non-hydrogen) atoms. The Bertz CT molecular complexity index is 881. The predicted octanol–water partition coefficient (Wildman–Crippen LogP) is 5.24. The van der Waals surface area contributed by atoms with E-state index in [0.29, 0.717) is 22.5 Å². The highest BCUT2D eigenvalue weighted by Gasteiger charge is 2.06. The first-order valence-electron chi connectivity index (χ1n) is 7.83. The van der Waals surface area contributed by atoms with E-state index in [2.05, 4.69) is 27.5 Å². The predicted molar refractivity (Wildman–Crippen MR) is 103 cm³/mol. The second kappa shape index (κ2) is 7.40. The Balaban J connectivity index is 1.81. The normalized spacial score (nSPS) is 10.4. The van der Waals surface area contributed by atoms with Crippen molar-refractivity contribution in [1.82, 2.24) is 9.97 Å². The molecule has 2 aromatic carbocycles. The van der Waals surface area contributed by atoms with Crippen LogP contribution < -0.4 is 15.4 Å². The standard InChI is InChI=1S/C19H19ClN4O/c1-12-4-6-14(7-5-12)23-19-21-13(2)10-18(24-19)22-15-8-9-17(25-3)16(20)11-15/h4-11H,1-3H3,(H2,21,22,23,24). The van der Waals surface area contributed by atoms with Crippen molar-refractivity contribution in [2.75, 3.05) is 17.7 Å². The van der Waals surface area contributed by atoms with Gasteiger partial charge >= 0.3 is 0 Å². The molecule has 0 spiro atoms. The Kier molecular flexibility index (Phi) is 5.05. The summed E-state index contributed by atoms with van der Waals surface area (Å²) in [5, 5.41) is 7.00. The van der Waals surface area contributed by atoms with Crippen LogP contribution in [0.25, 0.3) is 0 Å². The molecule has 0 radical (unpaired) electrons. The number of ether oxygens (including phenoxy) is 1. The number of methoxy groups -OCH3 is 1. The monoisotopic (exact) mass is 354 g/mol. The lowest BCUT2D eigenvalue weighted by molar-refractivity contribution is 0.415. The average Bonchev–Trinajstić information content (AvgIpc) is 2.57. The zero-order valence-corrected chi connectivity index (χ0v) is 15.1. The van der Waals surface area contributed by atoms with Crippen LogP contribution in [-0.4, -0.2) is 17.1 Å². The molecular formula is C19H19ClN4O. The Morgan fingerprint density at radius 3 is 2.28 bits per heavy atom. The maximum absolute atomic E-state index is 6.17. The zero-order valence-electron chi connectivity index (χ0n) is 14.3. The topological polar surface area (TPSA) is 59.1 Å². The van der Waals surface area contributed by atoms with Gasteiger partial charge in [0, 0.05) is 23.1 Å². The number of rotatable bonds is 5. The van der Waals surface area contributed by atoms with Crippen LogP contribution in [0, 0.1) is 13.8 Å². The molecule has 0 saturated heterocycles. The highest BCUT2D eigenvalue weighted by Crippen LogP contribution is 2.28. The summed E-state index contributed by atoms with van der Waals surface area (Å²) in [5.74, 6) is 1.85. The molecule has 0 bridgehead atoms. The van der Waals surface area contributed by atoms with E-state index < -0.39 is 0 Å². The van der Waals surface area contributed by atoms with Crippen molar-refractivity contribution in [2.45, 2.75) is 13.8 Å². The van der Waals surface area contributed by atoms with Crippen LogP contribution in [0.2, 0.25) is 5.02 Å². The lowest BCUT2D eigenvalue weighted by Gasteiger charge is -2.11. The van der Waals surface area contributed by atoms with E-state index >= 15 is 0 Å². The summed E-state index contributed by atoms with van der Waals surface area (Å²) in [6.45, 7) is 3.98. The van der Waals surface area contributed by atoms with Crippen LogP contribution in [-0.2, 0) is 0 Å². The summed E-state index contributed by atoms with van der Waals surface area (Å²) in [6, 6.07) is 15.4. The maximum Gasteiger partial charge on any atom is 0.229 e. The largest absolute Gasteiger partial charge is 0.495 e. The van der Waals surface area contributed by atoms with E-state index in [9.17, 15) is 0 Å². The number of hydrogen-bond donors (Lipinski definition) is 2. The van der Waals surface area contributed by atoms with E-state index in [0.717, 1.165) is 17.1 Å². The Labute approximate surface area is 152 Å². The second-order valence-corrected chi connectivity index (χ2v) is 6.09. The lowest BCUT2D eigenvalue weighted by atomic mass is 10.2. The Morgan fingerprint density at radius 2 is 1.60 bits per heavy atom. The van der Waals surface area contributed by atoms with Gasteiger partial charge < -0.3 is 15.4 Å². The van der Waals surface area contributed by atoms with Gasteiger partial charge in [-0.05, 0) is 44.2 Å². The molecule has 0 aliphatic carbocycles. The molecule has 0 atom stereocenters. The minimum Gasteiger partial charge on any atom is -0.495 e. The molecule has 1 aromatic heterocycles. The third kappa shape index (κ3) is 4.39. The molecule has 5 nitrogen and oxygen atoms in total. The SMILES string of the molecule is COc1ccc(Nc2cc(C)nc(Nc3ccc(C)cc3)n2)cc1Cl. The third-order valence-corrected chi connectivity index (χ3v) is 3.88. The van der Waals surface area contributed by atoms with Gasteiger partial charge in [-0.15, -0.1) is 0 Å². The number of nitrogens with zero attached hydrogens (tertiary/aromatic N) is 2. The van der Waals surface area contributed by atoms with Crippen molar-refractivity contribution in [2.24, 2.45) is 0 Å². The molecule has 0 saturated carbocycles. The fourth-order valence-corrected chi connectivity index (χ4v) is 2.60. The van der Waals surface area contributed by atoms with Crippen LogP contribution in [0.15, 0.2) is 48.5 Å². The van der Waals surface area contributed by atoms with Crippen molar-refractivity contribution in [3.63, 3.8) is 0 Å². The smallest absolute Gasteiger partial charge is 0.229 e. The van der Waals surface area contributed by atoms with E-state index in [1.165, 1.54) is 5.56 Å². The molecule has 128 valence electrons.